The third-order valence-electron chi connectivity index (χ3n) is 11.7. The molecule has 81 heavy (non-hydrogen) atoms. The van der Waals surface area contributed by atoms with Gasteiger partial charge in [0.1, 0.15) is 6.61 Å². The Morgan fingerprint density at radius 1 is 0.370 bits per heavy atom. The number of ether oxygens (including phenoxy) is 2. The van der Waals surface area contributed by atoms with Crippen LogP contribution >= 0.6 is 7.82 Å². The van der Waals surface area contributed by atoms with Gasteiger partial charge in [-0.1, -0.05) is 240 Å². The maximum Gasteiger partial charge on any atom is 0.472 e. The highest BCUT2D eigenvalue weighted by Crippen LogP contribution is 2.43. The Morgan fingerprint density at radius 2 is 0.642 bits per heavy atom. The van der Waals surface area contributed by atoms with E-state index < -0.39 is 32.5 Å². The van der Waals surface area contributed by atoms with Crippen molar-refractivity contribution < 1.29 is 37.6 Å². The quantitative estimate of drug-likeness (QED) is 0.0264. The highest BCUT2D eigenvalue weighted by atomic mass is 31.2. The normalized spacial score (nSPS) is 14.5. The summed E-state index contributed by atoms with van der Waals surface area (Å²) in [5, 5.41) is 0. The van der Waals surface area contributed by atoms with Crippen molar-refractivity contribution in [3.63, 3.8) is 0 Å². The number of nitrogens with two attached hydrogens (primary N) is 1. The highest BCUT2D eigenvalue weighted by molar-refractivity contribution is 7.47. The molecule has 0 aliphatic heterocycles. The Bertz CT molecular complexity index is 2070. The van der Waals surface area contributed by atoms with Crippen LogP contribution < -0.4 is 5.73 Å². The lowest BCUT2D eigenvalue weighted by Gasteiger charge is -2.19. The summed E-state index contributed by atoms with van der Waals surface area (Å²) >= 11 is 0. The number of unbranched alkanes of at least 4 members (excludes halogenated alkanes) is 7. The molecule has 0 amide bonds. The second-order valence-corrected chi connectivity index (χ2v) is 20.6. The van der Waals surface area contributed by atoms with Gasteiger partial charge in [0, 0.05) is 19.4 Å². The Hall–Kier alpha value is -5.41. The van der Waals surface area contributed by atoms with E-state index in [1.807, 2.05) is 0 Å². The molecular formula is C71H108NO8P. The number of hydrogen-bond acceptors (Lipinski definition) is 8. The zero-order valence-corrected chi connectivity index (χ0v) is 51.1. The van der Waals surface area contributed by atoms with E-state index in [0.717, 1.165) is 154 Å². The highest BCUT2D eigenvalue weighted by Gasteiger charge is 2.26. The summed E-state index contributed by atoms with van der Waals surface area (Å²) in [5.74, 6) is -0.921. The van der Waals surface area contributed by atoms with Gasteiger partial charge in [-0.2, -0.15) is 0 Å². The van der Waals surface area contributed by atoms with Crippen LogP contribution in [0.3, 0.4) is 0 Å². The van der Waals surface area contributed by atoms with Gasteiger partial charge in [-0.15, -0.1) is 0 Å². The number of esters is 2. The minimum absolute atomic E-state index is 0.0309. The number of phosphoric acid groups is 1. The van der Waals surface area contributed by atoms with Crippen LogP contribution in [0, 0.1) is 0 Å². The second-order valence-electron chi connectivity index (χ2n) is 19.1. The first-order valence-corrected chi connectivity index (χ1v) is 32.1. The van der Waals surface area contributed by atoms with Gasteiger partial charge >= 0.3 is 19.8 Å². The molecule has 0 rings (SSSR count). The summed E-state index contributed by atoms with van der Waals surface area (Å²) in [6.07, 6.45) is 98.9. The molecule has 0 aromatic heterocycles. The molecule has 0 aromatic rings. The maximum absolute atomic E-state index is 12.7. The number of carbonyl (C=O) groups excluding carboxylic acids is 2. The second kappa shape index (κ2) is 63.8. The minimum atomic E-state index is -4.42. The Kier molecular flexibility index (Phi) is 59.5. The van der Waals surface area contributed by atoms with Crippen molar-refractivity contribution in [2.24, 2.45) is 5.73 Å². The molecule has 0 aromatic carbocycles. The molecule has 2 unspecified atom stereocenters. The van der Waals surface area contributed by atoms with Crippen molar-refractivity contribution in [1.29, 1.82) is 0 Å². The molecule has 0 spiro atoms. The van der Waals surface area contributed by atoms with Gasteiger partial charge in [0.05, 0.1) is 13.2 Å². The largest absolute Gasteiger partial charge is 0.472 e. The smallest absolute Gasteiger partial charge is 0.462 e. The van der Waals surface area contributed by atoms with E-state index in [0.29, 0.717) is 12.8 Å². The van der Waals surface area contributed by atoms with E-state index in [9.17, 15) is 19.0 Å². The van der Waals surface area contributed by atoms with Crippen molar-refractivity contribution in [2.75, 3.05) is 26.4 Å². The number of allylic oxidation sites excluding steroid dienone is 34. The van der Waals surface area contributed by atoms with E-state index in [1.165, 1.54) is 0 Å². The van der Waals surface area contributed by atoms with Gasteiger partial charge in [-0.25, -0.2) is 4.57 Å². The number of carbonyl (C=O) groups is 2. The van der Waals surface area contributed by atoms with Crippen LogP contribution in [0.25, 0.3) is 0 Å². The summed E-state index contributed by atoms with van der Waals surface area (Å²) in [6, 6.07) is 0. The zero-order chi connectivity index (χ0) is 58.7. The zero-order valence-electron chi connectivity index (χ0n) is 50.2. The van der Waals surface area contributed by atoms with Crippen molar-refractivity contribution in [1.82, 2.24) is 0 Å². The van der Waals surface area contributed by atoms with Gasteiger partial charge in [0.2, 0.25) is 0 Å². The van der Waals surface area contributed by atoms with E-state index in [1.54, 1.807) is 0 Å². The Morgan fingerprint density at radius 3 is 0.975 bits per heavy atom. The average Bonchev–Trinajstić information content (AvgIpc) is 3.46. The molecule has 0 fully saturated rings. The van der Waals surface area contributed by atoms with Crippen LogP contribution in [0.4, 0.5) is 0 Å². The SMILES string of the molecule is CC/C=C\C/C=C\C/C=C\C/C=C\C/C=C\C/C=C\C/C=C\C/C=C\C/C=C\C/C=C\C/C=C\C/C=C\CCCCC(=O)OC(COC(=O)CCCCCCC/C=C\C/C=C\C/C=C\C/C=C\C/C=C\CC)COP(=O)(O)OCCN. The van der Waals surface area contributed by atoms with Gasteiger partial charge < -0.3 is 20.1 Å². The van der Waals surface area contributed by atoms with Crippen LogP contribution in [0.15, 0.2) is 207 Å². The van der Waals surface area contributed by atoms with Crippen LogP contribution in [-0.2, 0) is 32.7 Å². The van der Waals surface area contributed by atoms with E-state index >= 15 is 0 Å². The topological polar surface area (TPSA) is 134 Å². The number of rotatable bonds is 54. The van der Waals surface area contributed by atoms with Crippen LogP contribution in [0.2, 0.25) is 0 Å². The summed E-state index contributed by atoms with van der Waals surface area (Å²) < 4.78 is 33.0. The maximum atomic E-state index is 12.7. The van der Waals surface area contributed by atoms with Crippen molar-refractivity contribution in [2.45, 2.75) is 200 Å². The lowest BCUT2D eigenvalue weighted by atomic mass is 10.1. The van der Waals surface area contributed by atoms with Gasteiger partial charge in [0.15, 0.2) is 6.10 Å². The van der Waals surface area contributed by atoms with Crippen LogP contribution in [0.5, 0.6) is 0 Å². The molecule has 0 saturated heterocycles. The van der Waals surface area contributed by atoms with Crippen LogP contribution in [0.1, 0.15) is 194 Å². The van der Waals surface area contributed by atoms with Crippen molar-refractivity contribution in [3.05, 3.63) is 207 Å². The summed E-state index contributed by atoms with van der Waals surface area (Å²) in [4.78, 5) is 35.2. The summed E-state index contributed by atoms with van der Waals surface area (Å²) in [7, 11) is -4.42. The predicted octanol–water partition coefficient (Wildman–Crippen LogP) is 20.0. The third-order valence-corrected chi connectivity index (χ3v) is 12.6. The number of hydrogen-bond donors (Lipinski definition) is 2. The molecule has 0 saturated carbocycles. The molecule has 450 valence electrons. The molecule has 0 bridgehead atoms. The van der Waals surface area contributed by atoms with Crippen molar-refractivity contribution >= 4 is 19.8 Å². The molecule has 0 radical (unpaired) electrons. The first-order valence-electron chi connectivity index (χ1n) is 30.6. The van der Waals surface area contributed by atoms with E-state index in [-0.39, 0.29) is 32.6 Å². The van der Waals surface area contributed by atoms with E-state index in [2.05, 4.69) is 220 Å². The molecular weight excluding hydrogens is 1030 g/mol. The lowest BCUT2D eigenvalue weighted by molar-refractivity contribution is -0.161. The fraction of sp³-hybridized carbons (Fsp3) is 0.493. The Balaban J connectivity index is 4.16. The van der Waals surface area contributed by atoms with Gasteiger partial charge in [-0.05, 0) is 148 Å². The van der Waals surface area contributed by atoms with Gasteiger partial charge in [0.25, 0.3) is 0 Å². The lowest BCUT2D eigenvalue weighted by Crippen LogP contribution is -2.29. The fourth-order valence-electron chi connectivity index (χ4n) is 7.23. The van der Waals surface area contributed by atoms with Gasteiger partial charge in [-0.3, -0.25) is 18.6 Å². The fourth-order valence-corrected chi connectivity index (χ4v) is 7.99. The van der Waals surface area contributed by atoms with Crippen molar-refractivity contribution in [3.8, 4) is 0 Å². The monoisotopic (exact) mass is 1130 g/mol. The first-order chi connectivity index (χ1) is 39.8. The summed E-state index contributed by atoms with van der Waals surface area (Å²) in [6.45, 7) is 3.40. The molecule has 2 atom stereocenters. The van der Waals surface area contributed by atoms with E-state index in [4.69, 9.17) is 24.3 Å². The molecule has 9 nitrogen and oxygen atoms in total. The predicted molar refractivity (Wildman–Crippen MR) is 348 cm³/mol. The average molecular weight is 1130 g/mol. The molecule has 0 aliphatic rings. The molecule has 3 N–H and O–H groups in total. The minimum Gasteiger partial charge on any atom is -0.462 e. The molecule has 0 aliphatic carbocycles. The Labute approximate surface area is 493 Å². The van der Waals surface area contributed by atoms with Crippen LogP contribution in [-0.4, -0.2) is 49.3 Å². The third kappa shape index (κ3) is 63.6. The standard InChI is InChI=1S/C71H108NO8P/c1-3-5-7-9-11-13-15-17-19-21-23-25-26-27-28-29-30-31-32-33-34-35-36-37-38-39-40-41-42-44-46-48-50-52-54-56-58-60-62-64-71(74)80-69(68-79-81(75,76)78-66-65-72)67-77-70(73)63-61-59-57-55-53-51-49-47-45-43-24-22-20-18-16-14-12-10-8-6-4-2/h5-8,11-14,17-20,23-25,27-28,30-31,33-34,36-37,39-40,42-44,47-50,54,56,69H,3-4,9-10,15-16,21-22,26,29,32,35,38,41,45-46,51-53,55,57-68,72H2,1-2H3,(H,75,76)/b7-5-,8-6-,13-11-,14-12-,19-17-,20-18-,25-23-,28-27-,31-30-,34-33-,37-36-,40-39-,43-24-,44-42-,49-47-,50-48-,56-54-. The molecule has 10 heteroatoms. The summed E-state index contributed by atoms with van der Waals surface area (Å²) in [5.41, 5.74) is 5.38. The first kappa shape index (κ1) is 75.6. The molecule has 0 heterocycles. The number of phosphoric ester groups is 1.